The summed E-state index contributed by atoms with van der Waals surface area (Å²) in [6, 6.07) is 9.32. The van der Waals surface area contributed by atoms with Crippen LogP contribution in [0, 0.1) is 20.8 Å². The van der Waals surface area contributed by atoms with Crippen molar-refractivity contribution < 1.29 is 13.2 Å². The smallest absolute Gasteiger partial charge is 0.381 e. The maximum Gasteiger partial charge on any atom is 0.416 e. The van der Waals surface area contributed by atoms with E-state index in [1.54, 1.807) is 0 Å². The first-order valence-corrected chi connectivity index (χ1v) is 6.75. The molecule has 0 aliphatic carbocycles. The average molecular weight is 293 g/mol. The molecule has 0 saturated carbocycles. The highest BCUT2D eigenvalue weighted by Gasteiger charge is 2.29. The molecule has 0 fully saturated rings. The highest BCUT2D eigenvalue weighted by Crippen LogP contribution is 2.30. The van der Waals surface area contributed by atoms with Crippen LogP contribution in [0.2, 0.25) is 0 Å². The van der Waals surface area contributed by atoms with E-state index in [-0.39, 0.29) is 0 Å². The van der Waals surface area contributed by atoms with Crippen molar-refractivity contribution in [1.82, 2.24) is 0 Å². The van der Waals surface area contributed by atoms with Crippen LogP contribution in [-0.2, 0) is 12.7 Å². The summed E-state index contributed by atoms with van der Waals surface area (Å²) in [5, 5.41) is 3.17. The van der Waals surface area contributed by atoms with Gasteiger partial charge in [0.25, 0.3) is 0 Å². The second-order valence-electron chi connectivity index (χ2n) is 5.31. The summed E-state index contributed by atoms with van der Waals surface area (Å²) in [4.78, 5) is 0. The number of halogens is 3. The lowest BCUT2D eigenvalue weighted by molar-refractivity contribution is -0.137. The van der Waals surface area contributed by atoms with Gasteiger partial charge in [-0.25, -0.2) is 0 Å². The van der Waals surface area contributed by atoms with Gasteiger partial charge in [0.2, 0.25) is 0 Å². The number of hydrogen-bond donors (Lipinski definition) is 1. The number of nitrogens with one attached hydrogen (secondary N) is 1. The van der Waals surface area contributed by atoms with Crippen LogP contribution < -0.4 is 5.32 Å². The van der Waals surface area contributed by atoms with Crippen LogP contribution in [0.15, 0.2) is 36.4 Å². The summed E-state index contributed by atoms with van der Waals surface area (Å²) in [5.41, 5.74) is 4.82. The Morgan fingerprint density at radius 3 is 1.90 bits per heavy atom. The van der Waals surface area contributed by atoms with Crippen molar-refractivity contribution in [3.63, 3.8) is 0 Å². The molecule has 0 amide bonds. The Morgan fingerprint density at radius 1 is 0.905 bits per heavy atom. The largest absolute Gasteiger partial charge is 0.416 e. The minimum absolute atomic E-state index is 0.601. The highest BCUT2D eigenvalue weighted by atomic mass is 19.4. The van der Waals surface area contributed by atoms with E-state index < -0.39 is 11.7 Å². The first kappa shape index (κ1) is 15.4. The molecule has 1 N–H and O–H groups in total. The molecule has 112 valence electrons. The molecule has 0 aliphatic rings. The van der Waals surface area contributed by atoms with Gasteiger partial charge in [0.1, 0.15) is 0 Å². The lowest BCUT2D eigenvalue weighted by Crippen LogP contribution is -2.06. The van der Waals surface area contributed by atoms with Gasteiger partial charge >= 0.3 is 6.18 Å². The van der Waals surface area contributed by atoms with Crippen molar-refractivity contribution in [2.45, 2.75) is 33.5 Å². The molecule has 4 heteroatoms. The van der Waals surface area contributed by atoms with Crippen molar-refractivity contribution in [2.75, 3.05) is 5.32 Å². The number of alkyl halides is 3. The molecule has 0 aromatic heterocycles. The molecule has 0 heterocycles. The van der Waals surface area contributed by atoms with Crippen LogP contribution >= 0.6 is 0 Å². The van der Waals surface area contributed by atoms with E-state index in [0.717, 1.165) is 12.1 Å². The maximum atomic E-state index is 12.5. The molecule has 0 saturated heterocycles. The first-order chi connectivity index (χ1) is 9.77. The fourth-order valence-electron chi connectivity index (χ4n) is 2.46. The third-order valence-electron chi connectivity index (χ3n) is 3.52. The monoisotopic (exact) mass is 293 g/mol. The van der Waals surface area contributed by atoms with Gasteiger partial charge in [-0.2, -0.15) is 13.2 Å². The van der Waals surface area contributed by atoms with E-state index in [1.165, 1.54) is 34.4 Å². The van der Waals surface area contributed by atoms with Crippen molar-refractivity contribution in [2.24, 2.45) is 0 Å². The summed E-state index contributed by atoms with van der Waals surface area (Å²) >= 11 is 0. The minimum atomic E-state index is -4.29. The molecule has 0 unspecified atom stereocenters. The van der Waals surface area contributed by atoms with Crippen molar-refractivity contribution in [3.05, 3.63) is 64.2 Å². The zero-order valence-corrected chi connectivity index (χ0v) is 12.3. The number of anilines is 1. The maximum absolute atomic E-state index is 12.5. The third kappa shape index (κ3) is 3.78. The van der Waals surface area contributed by atoms with E-state index in [1.807, 2.05) is 20.8 Å². The number of benzene rings is 2. The summed E-state index contributed by atoms with van der Waals surface area (Å²) in [6.45, 7) is 6.74. The molecule has 0 spiro atoms. The van der Waals surface area contributed by atoms with Gasteiger partial charge in [-0.3, -0.25) is 0 Å². The standard InChI is InChI=1S/C17H18F3N/c1-11-8-12(2)16(13(3)9-11)10-21-15-6-4-14(5-7-15)17(18,19)20/h4-9,21H,10H2,1-3H3. The van der Waals surface area contributed by atoms with Crippen molar-refractivity contribution in [1.29, 1.82) is 0 Å². The van der Waals surface area contributed by atoms with Gasteiger partial charge in [-0.05, 0) is 61.7 Å². The molecule has 0 radical (unpaired) electrons. The zero-order chi connectivity index (χ0) is 15.6. The van der Waals surface area contributed by atoms with Crippen LogP contribution in [-0.4, -0.2) is 0 Å². The van der Waals surface area contributed by atoms with Crippen molar-refractivity contribution in [3.8, 4) is 0 Å². The Balaban J connectivity index is 2.10. The van der Waals surface area contributed by atoms with Gasteiger partial charge in [0.15, 0.2) is 0 Å². The molecule has 2 aromatic rings. The Morgan fingerprint density at radius 2 is 1.43 bits per heavy atom. The quantitative estimate of drug-likeness (QED) is 0.815. The van der Waals surface area contributed by atoms with Crippen LogP contribution in [0.3, 0.4) is 0 Å². The van der Waals surface area contributed by atoms with Crippen LogP contribution in [0.25, 0.3) is 0 Å². The SMILES string of the molecule is Cc1cc(C)c(CNc2ccc(C(F)(F)F)cc2)c(C)c1. The molecular weight excluding hydrogens is 275 g/mol. The highest BCUT2D eigenvalue weighted by molar-refractivity contribution is 5.47. The Labute approximate surface area is 122 Å². The zero-order valence-electron chi connectivity index (χ0n) is 12.3. The average Bonchev–Trinajstić information content (AvgIpc) is 2.37. The Hall–Kier alpha value is -1.97. The third-order valence-corrected chi connectivity index (χ3v) is 3.52. The molecule has 0 bridgehead atoms. The number of hydrogen-bond acceptors (Lipinski definition) is 1. The summed E-state index contributed by atoms with van der Waals surface area (Å²) in [7, 11) is 0. The predicted molar refractivity (Wildman–Crippen MR) is 79.4 cm³/mol. The minimum Gasteiger partial charge on any atom is -0.381 e. The van der Waals surface area contributed by atoms with Crippen molar-refractivity contribution >= 4 is 5.69 Å². The second-order valence-corrected chi connectivity index (χ2v) is 5.31. The van der Waals surface area contributed by atoms with Gasteiger partial charge < -0.3 is 5.32 Å². The molecular formula is C17H18F3N. The predicted octanol–water partition coefficient (Wildman–Crippen LogP) is 5.24. The topological polar surface area (TPSA) is 12.0 Å². The number of aryl methyl sites for hydroxylation is 3. The first-order valence-electron chi connectivity index (χ1n) is 6.75. The molecule has 2 rings (SSSR count). The molecule has 2 aromatic carbocycles. The number of rotatable bonds is 3. The second kappa shape index (κ2) is 5.80. The Bertz CT molecular complexity index is 604. The van der Waals surface area contributed by atoms with Gasteiger partial charge in [0, 0.05) is 12.2 Å². The molecule has 21 heavy (non-hydrogen) atoms. The van der Waals surface area contributed by atoms with Gasteiger partial charge in [-0.15, -0.1) is 0 Å². The van der Waals surface area contributed by atoms with Crippen LogP contribution in [0.1, 0.15) is 27.8 Å². The lowest BCUT2D eigenvalue weighted by atomic mass is 10.00. The van der Waals surface area contributed by atoms with E-state index in [0.29, 0.717) is 12.2 Å². The summed E-state index contributed by atoms with van der Waals surface area (Å²) < 4.78 is 37.5. The van der Waals surface area contributed by atoms with Crippen LogP contribution in [0.5, 0.6) is 0 Å². The van der Waals surface area contributed by atoms with E-state index >= 15 is 0 Å². The fourth-order valence-corrected chi connectivity index (χ4v) is 2.46. The van der Waals surface area contributed by atoms with E-state index in [4.69, 9.17) is 0 Å². The molecule has 0 atom stereocenters. The molecule has 0 aliphatic heterocycles. The van der Waals surface area contributed by atoms with Gasteiger partial charge in [-0.1, -0.05) is 17.7 Å². The normalized spacial score (nSPS) is 11.5. The van der Waals surface area contributed by atoms with E-state index in [9.17, 15) is 13.2 Å². The fraction of sp³-hybridized carbons (Fsp3) is 0.294. The van der Waals surface area contributed by atoms with Crippen LogP contribution in [0.4, 0.5) is 18.9 Å². The molecule has 1 nitrogen and oxygen atoms in total. The summed E-state index contributed by atoms with van der Waals surface area (Å²) in [5.74, 6) is 0. The summed E-state index contributed by atoms with van der Waals surface area (Å²) in [6.07, 6.45) is -4.29. The lowest BCUT2D eigenvalue weighted by Gasteiger charge is -2.14. The van der Waals surface area contributed by atoms with Gasteiger partial charge in [0.05, 0.1) is 5.56 Å². The van der Waals surface area contributed by atoms with E-state index in [2.05, 4.69) is 17.4 Å². The Kier molecular flexibility index (Phi) is 4.26.